The molecule has 1 heterocycles. The van der Waals surface area contributed by atoms with Crippen LogP contribution in [0.4, 0.5) is 5.69 Å². The van der Waals surface area contributed by atoms with Gasteiger partial charge in [0.2, 0.25) is 10.0 Å². The summed E-state index contributed by atoms with van der Waals surface area (Å²) in [4.78, 5) is 2.65. The molecule has 0 bridgehead atoms. The molecule has 4 nitrogen and oxygen atoms in total. The summed E-state index contributed by atoms with van der Waals surface area (Å²) >= 11 is 0. The summed E-state index contributed by atoms with van der Waals surface area (Å²) in [5, 5.41) is 0. The standard InChI is InChI=1S/C18H22N2O2S/c1-16-7-5-10-18(15-16)23(21,22)20-12-6-11-19(13-14-20)17-8-3-2-4-9-17/h2-5,7-10,15H,6,11-14H2,1H3. The Bertz CT molecular complexity index is 760. The fourth-order valence-electron chi connectivity index (χ4n) is 2.96. The van der Waals surface area contributed by atoms with E-state index in [0.29, 0.717) is 18.0 Å². The van der Waals surface area contributed by atoms with Gasteiger partial charge in [-0.15, -0.1) is 0 Å². The summed E-state index contributed by atoms with van der Waals surface area (Å²) in [5.41, 5.74) is 2.12. The molecule has 0 aliphatic carbocycles. The van der Waals surface area contributed by atoms with Gasteiger partial charge in [-0.3, -0.25) is 0 Å². The molecule has 0 saturated carbocycles. The largest absolute Gasteiger partial charge is 0.370 e. The van der Waals surface area contributed by atoms with Gasteiger partial charge in [-0.2, -0.15) is 4.31 Å². The number of anilines is 1. The summed E-state index contributed by atoms with van der Waals surface area (Å²) in [6, 6.07) is 17.3. The Labute approximate surface area is 138 Å². The molecule has 0 atom stereocenters. The van der Waals surface area contributed by atoms with E-state index in [1.54, 1.807) is 22.5 Å². The number of nitrogens with zero attached hydrogens (tertiary/aromatic N) is 2. The molecule has 5 heteroatoms. The Kier molecular flexibility index (Phi) is 4.68. The first-order valence-electron chi connectivity index (χ1n) is 7.94. The number of benzene rings is 2. The van der Waals surface area contributed by atoms with E-state index in [1.807, 2.05) is 31.2 Å². The Morgan fingerprint density at radius 3 is 2.39 bits per heavy atom. The Morgan fingerprint density at radius 1 is 0.870 bits per heavy atom. The molecule has 0 radical (unpaired) electrons. The molecule has 1 aliphatic rings. The number of para-hydroxylation sites is 1. The maximum absolute atomic E-state index is 12.8. The zero-order chi connectivity index (χ0) is 16.3. The van der Waals surface area contributed by atoms with Crippen LogP contribution in [0.2, 0.25) is 0 Å². The predicted molar refractivity (Wildman–Crippen MR) is 93.2 cm³/mol. The number of aryl methyl sites for hydroxylation is 1. The predicted octanol–water partition coefficient (Wildman–Crippen LogP) is 2.90. The Morgan fingerprint density at radius 2 is 1.65 bits per heavy atom. The van der Waals surface area contributed by atoms with Crippen molar-refractivity contribution in [3.63, 3.8) is 0 Å². The van der Waals surface area contributed by atoms with Crippen LogP contribution in [0.25, 0.3) is 0 Å². The molecule has 1 fully saturated rings. The number of hydrogen-bond donors (Lipinski definition) is 0. The van der Waals surface area contributed by atoms with E-state index in [0.717, 1.165) is 30.8 Å². The zero-order valence-corrected chi connectivity index (χ0v) is 14.2. The van der Waals surface area contributed by atoms with E-state index in [4.69, 9.17) is 0 Å². The first-order chi connectivity index (χ1) is 11.1. The SMILES string of the molecule is Cc1cccc(S(=O)(=O)N2CCCN(c3ccccc3)CC2)c1. The van der Waals surface area contributed by atoms with Crippen molar-refractivity contribution < 1.29 is 8.42 Å². The average Bonchev–Trinajstić information content (AvgIpc) is 2.82. The van der Waals surface area contributed by atoms with Crippen LogP contribution in [0.15, 0.2) is 59.5 Å². The smallest absolute Gasteiger partial charge is 0.243 e. The molecule has 1 saturated heterocycles. The molecular formula is C18H22N2O2S. The topological polar surface area (TPSA) is 40.6 Å². The van der Waals surface area contributed by atoms with Crippen molar-refractivity contribution in [3.05, 3.63) is 60.2 Å². The maximum Gasteiger partial charge on any atom is 0.243 e. The molecule has 3 rings (SSSR count). The van der Waals surface area contributed by atoms with Gasteiger partial charge in [0, 0.05) is 31.9 Å². The summed E-state index contributed by atoms with van der Waals surface area (Å²) < 4.78 is 27.3. The van der Waals surface area contributed by atoms with Gasteiger partial charge in [-0.25, -0.2) is 8.42 Å². The minimum absolute atomic E-state index is 0.394. The Hall–Kier alpha value is -1.85. The lowest BCUT2D eigenvalue weighted by atomic mass is 10.2. The van der Waals surface area contributed by atoms with Crippen LogP contribution in [0.5, 0.6) is 0 Å². The van der Waals surface area contributed by atoms with Gasteiger partial charge in [0.25, 0.3) is 0 Å². The number of rotatable bonds is 3. The fraction of sp³-hybridized carbons (Fsp3) is 0.333. The van der Waals surface area contributed by atoms with E-state index in [2.05, 4.69) is 17.0 Å². The molecule has 0 unspecified atom stereocenters. The van der Waals surface area contributed by atoms with Crippen molar-refractivity contribution >= 4 is 15.7 Å². The van der Waals surface area contributed by atoms with E-state index in [9.17, 15) is 8.42 Å². The summed E-state index contributed by atoms with van der Waals surface area (Å²) in [6.07, 6.45) is 0.833. The van der Waals surface area contributed by atoms with Crippen LogP contribution in [-0.4, -0.2) is 38.9 Å². The molecule has 0 aromatic heterocycles. The van der Waals surface area contributed by atoms with Gasteiger partial charge in [-0.05, 0) is 43.2 Å². The van der Waals surface area contributed by atoms with Crippen molar-refractivity contribution in [2.75, 3.05) is 31.1 Å². The number of sulfonamides is 1. The monoisotopic (exact) mass is 330 g/mol. The highest BCUT2D eigenvalue weighted by molar-refractivity contribution is 7.89. The van der Waals surface area contributed by atoms with E-state index >= 15 is 0 Å². The van der Waals surface area contributed by atoms with Gasteiger partial charge in [0.15, 0.2) is 0 Å². The van der Waals surface area contributed by atoms with Crippen molar-refractivity contribution in [1.29, 1.82) is 0 Å². The molecule has 122 valence electrons. The second-order valence-corrected chi connectivity index (χ2v) is 7.83. The molecule has 0 spiro atoms. The molecule has 2 aromatic rings. The van der Waals surface area contributed by atoms with Crippen LogP contribution in [-0.2, 0) is 10.0 Å². The first kappa shape index (κ1) is 16.0. The lowest BCUT2D eigenvalue weighted by molar-refractivity contribution is 0.433. The average molecular weight is 330 g/mol. The van der Waals surface area contributed by atoms with Crippen LogP contribution < -0.4 is 4.90 Å². The minimum atomic E-state index is -3.41. The van der Waals surface area contributed by atoms with Gasteiger partial charge in [0.05, 0.1) is 4.90 Å². The van der Waals surface area contributed by atoms with Gasteiger partial charge < -0.3 is 4.90 Å². The molecule has 0 amide bonds. The van der Waals surface area contributed by atoms with Crippen LogP contribution >= 0.6 is 0 Å². The van der Waals surface area contributed by atoms with Crippen molar-refractivity contribution in [2.45, 2.75) is 18.2 Å². The third-order valence-corrected chi connectivity index (χ3v) is 6.10. The van der Waals surface area contributed by atoms with Crippen molar-refractivity contribution in [3.8, 4) is 0 Å². The third-order valence-electron chi connectivity index (χ3n) is 4.20. The second kappa shape index (κ2) is 6.72. The summed E-state index contributed by atoms with van der Waals surface area (Å²) in [5.74, 6) is 0. The van der Waals surface area contributed by atoms with Crippen LogP contribution in [0, 0.1) is 6.92 Å². The quantitative estimate of drug-likeness (QED) is 0.869. The molecule has 0 N–H and O–H groups in total. The highest BCUT2D eigenvalue weighted by Gasteiger charge is 2.26. The van der Waals surface area contributed by atoms with Crippen molar-refractivity contribution in [2.24, 2.45) is 0 Å². The van der Waals surface area contributed by atoms with E-state index in [1.165, 1.54) is 0 Å². The first-order valence-corrected chi connectivity index (χ1v) is 9.38. The maximum atomic E-state index is 12.8. The van der Waals surface area contributed by atoms with Crippen molar-refractivity contribution in [1.82, 2.24) is 4.31 Å². The molecule has 1 aliphatic heterocycles. The minimum Gasteiger partial charge on any atom is -0.370 e. The third kappa shape index (κ3) is 3.57. The highest BCUT2D eigenvalue weighted by atomic mass is 32.2. The normalized spacial score (nSPS) is 17.0. The van der Waals surface area contributed by atoms with E-state index < -0.39 is 10.0 Å². The summed E-state index contributed by atoms with van der Waals surface area (Å²) in [6.45, 7) is 4.60. The number of hydrogen-bond acceptors (Lipinski definition) is 3. The zero-order valence-electron chi connectivity index (χ0n) is 13.4. The van der Waals surface area contributed by atoms with Crippen LogP contribution in [0.1, 0.15) is 12.0 Å². The van der Waals surface area contributed by atoms with E-state index in [-0.39, 0.29) is 0 Å². The molecular weight excluding hydrogens is 308 g/mol. The second-order valence-electron chi connectivity index (χ2n) is 5.90. The van der Waals surface area contributed by atoms with Gasteiger partial charge >= 0.3 is 0 Å². The van der Waals surface area contributed by atoms with Gasteiger partial charge in [-0.1, -0.05) is 30.3 Å². The highest BCUT2D eigenvalue weighted by Crippen LogP contribution is 2.21. The fourth-order valence-corrected chi connectivity index (χ4v) is 4.53. The lowest BCUT2D eigenvalue weighted by Crippen LogP contribution is -2.35. The summed E-state index contributed by atoms with van der Waals surface area (Å²) in [7, 11) is -3.41. The van der Waals surface area contributed by atoms with Gasteiger partial charge in [0.1, 0.15) is 0 Å². The van der Waals surface area contributed by atoms with Crippen LogP contribution in [0.3, 0.4) is 0 Å². The molecule has 23 heavy (non-hydrogen) atoms. The Balaban J connectivity index is 1.77. The molecule has 2 aromatic carbocycles. The lowest BCUT2D eigenvalue weighted by Gasteiger charge is -2.23.